The van der Waals surface area contributed by atoms with Crippen LogP contribution >= 0.6 is 27.5 Å². The number of esters is 1. The Morgan fingerprint density at radius 3 is 2.70 bits per heavy atom. The molecule has 0 aliphatic heterocycles. The summed E-state index contributed by atoms with van der Waals surface area (Å²) in [6, 6.07) is 7.90. The number of rotatable bonds is 4. The van der Waals surface area contributed by atoms with E-state index in [0.717, 1.165) is 6.07 Å². The monoisotopic (exact) mass is 401 g/mol. The van der Waals surface area contributed by atoms with Gasteiger partial charge in [-0.2, -0.15) is 0 Å². The normalized spacial score (nSPS) is 10.2. The van der Waals surface area contributed by atoms with E-state index in [4.69, 9.17) is 16.3 Å². The fourth-order valence-electron chi connectivity index (χ4n) is 1.65. The third-order valence-corrected chi connectivity index (χ3v) is 3.50. The van der Waals surface area contributed by atoms with Crippen LogP contribution in [0.2, 0.25) is 5.02 Å². The van der Waals surface area contributed by atoms with E-state index in [9.17, 15) is 19.1 Å². The maximum Gasteiger partial charge on any atom is 0.342 e. The fraction of sp³-hybridized carbons (Fsp3) is 0.0667. The van der Waals surface area contributed by atoms with Crippen LogP contribution in [0.15, 0.2) is 40.9 Å². The summed E-state index contributed by atoms with van der Waals surface area (Å²) in [5.74, 6) is -2.35. The largest absolute Gasteiger partial charge is 0.507 e. The van der Waals surface area contributed by atoms with Crippen LogP contribution in [-0.4, -0.2) is 23.6 Å². The Balaban J connectivity index is 1.94. The summed E-state index contributed by atoms with van der Waals surface area (Å²) < 4.78 is 18.4. The Morgan fingerprint density at radius 2 is 2.00 bits per heavy atom. The van der Waals surface area contributed by atoms with Gasteiger partial charge in [0.05, 0.1) is 5.02 Å². The molecule has 0 fully saturated rings. The molecule has 2 rings (SSSR count). The van der Waals surface area contributed by atoms with Crippen LogP contribution in [0.25, 0.3) is 0 Å². The molecule has 0 saturated carbocycles. The van der Waals surface area contributed by atoms with Gasteiger partial charge in [0.2, 0.25) is 0 Å². The zero-order valence-electron chi connectivity index (χ0n) is 11.5. The highest BCUT2D eigenvalue weighted by Gasteiger charge is 2.15. The molecule has 8 heteroatoms. The summed E-state index contributed by atoms with van der Waals surface area (Å²) in [6.07, 6.45) is 0. The number of carbonyl (C=O) groups excluding carboxylic acids is 2. The molecule has 0 aliphatic carbocycles. The maximum atomic E-state index is 13.0. The lowest BCUT2D eigenvalue weighted by Gasteiger charge is -2.08. The lowest BCUT2D eigenvalue weighted by atomic mass is 10.2. The van der Waals surface area contributed by atoms with E-state index in [0.29, 0.717) is 4.47 Å². The second-order valence-corrected chi connectivity index (χ2v) is 5.74. The predicted octanol–water partition coefficient (Wildman–Crippen LogP) is 3.74. The number of halogens is 3. The zero-order chi connectivity index (χ0) is 17.0. The van der Waals surface area contributed by atoms with Crippen molar-refractivity contribution in [2.45, 2.75) is 0 Å². The zero-order valence-corrected chi connectivity index (χ0v) is 13.8. The number of aromatic hydroxyl groups is 1. The van der Waals surface area contributed by atoms with Crippen molar-refractivity contribution in [1.29, 1.82) is 0 Å². The summed E-state index contributed by atoms with van der Waals surface area (Å²) >= 11 is 8.75. The highest BCUT2D eigenvalue weighted by molar-refractivity contribution is 9.10. The molecule has 2 N–H and O–H groups in total. The second-order valence-electron chi connectivity index (χ2n) is 4.41. The molecule has 2 aromatic carbocycles. The number of phenols is 1. The van der Waals surface area contributed by atoms with Gasteiger partial charge in [0.1, 0.15) is 17.1 Å². The van der Waals surface area contributed by atoms with Gasteiger partial charge in [-0.1, -0.05) is 27.5 Å². The van der Waals surface area contributed by atoms with E-state index in [1.807, 2.05) is 0 Å². The van der Waals surface area contributed by atoms with E-state index in [2.05, 4.69) is 21.2 Å². The number of hydrogen-bond acceptors (Lipinski definition) is 4. The fourth-order valence-corrected chi connectivity index (χ4v) is 2.19. The van der Waals surface area contributed by atoms with Gasteiger partial charge in [-0.3, -0.25) is 4.79 Å². The lowest BCUT2D eigenvalue weighted by Crippen LogP contribution is -2.21. The molecule has 0 heterocycles. The first kappa shape index (κ1) is 17.2. The summed E-state index contributed by atoms with van der Waals surface area (Å²) in [5, 5.41) is 11.9. The molecule has 2 aromatic rings. The van der Waals surface area contributed by atoms with Crippen LogP contribution in [-0.2, 0) is 9.53 Å². The second kappa shape index (κ2) is 7.43. The Bertz CT molecular complexity index is 769. The van der Waals surface area contributed by atoms with E-state index >= 15 is 0 Å². The van der Waals surface area contributed by atoms with Gasteiger partial charge >= 0.3 is 5.97 Å². The Kier molecular flexibility index (Phi) is 5.57. The van der Waals surface area contributed by atoms with Gasteiger partial charge in [0.25, 0.3) is 5.91 Å². The molecule has 1 amide bonds. The van der Waals surface area contributed by atoms with E-state index in [1.165, 1.54) is 24.3 Å². The van der Waals surface area contributed by atoms with Crippen molar-refractivity contribution in [2.75, 3.05) is 11.9 Å². The SMILES string of the molecule is O=C(COC(=O)c1cc(Br)ccc1O)Nc1ccc(F)c(Cl)c1. The summed E-state index contributed by atoms with van der Waals surface area (Å²) in [5.41, 5.74) is 0.194. The van der Waals surface area contributed by atoms with Crippen molar-refractivity contribution >= 4 is 45.1 Å². The van der Waals surface area contributed by atoms with E-state index in [1.54, 1.807) is 6.07 Å². The van der Waals surface area contributed by atoms with Gasteiger partial charge in [-0.15, -0.1) is 0 Å². The molecular formula is C15H10BrClFNO4. The quantitative estimate of drug-likeness (QED) is 0.764. The number of benzene rings is 2. The maximum absolute atomic E-state index is 13.0. The molecule has 23 heavy (non-hydrogen) atoms. The van der Waals surface area contributed by atoms with Crippen LogP contribution in [0.5, 0.6) is 5.75 Å². The van der Waals surface area contributed by atoms with Crippen molar-refractivity contribution in [2.24, 2.45) is 0 Å². The third kappa shape index (κ3) is 4.67. The van der Waals surface area contributed by atoms with Crippen LogP contribution in [0, 0.1) is 5.82 Å². The molecular weight excluding hydrogens is 393 g/mol. The van der Waals surface area contributed by atoms with Gasteiger partial charge < -0.3 is 15.2 Å². The molecule has 0 aliphatic rings. The molecule has 120 valence electrons. The van der Waals surface area contributed by atoms with Crippen molar-refractivity contribution in [3.8, 4) is 5.75 Å². The van der Waals surface area contributed by atoms with Crippen molar-refractivity contribution in [3.63, 3.8) is 0 Å². The average molecular weight is 403 g/mol. The number of amides is 1. The Labute approximate surface area is 144 Å². The first-order chi connectivity index (χ1) is 10.9. The number of hydrogen-bond donors (Lipinski definition) is 2. The first-order valence-electron chi connectivity index (χ1n) is 6.27. The summed E-state index contributed by atoms with van der Waals surface area (Å²) in [4.78, 5) is 23.5. The van der Waals surface area contributed by atoms with Gasteiger partial charge in [0.15, 0.2) is 6.61 Å². The molecule has 0 aromatic heterocycles. The van der Waals surface area contributed by atoms with Gasteiger partial charge in [0, 0.05) is 10.2 Å². The van der Waals surface area contributed by atoms with Crippen LogP contribution in [0.3, 0.4) is 0 Å². The molecule has 0 bridgehead atoms. The van der Waals surface area contributed by atoms with Crippen LogP contribution in [0.1, 0.15) is 10.4 Å². The minimum Gasteiger partial charge on any atom is -0.507 e. The Morgan fingerprint density at radius 1 is 1.26 bits per heavy atom. The Hall–Kier alpha value is -2.12. The molecule has 5 nitrogen and oxygen atoms in total. The van der Waals surface area contributed by atoms with Crippen molar-refractivity contribution in [1.82, 2.24) is 0 Å². The lowest BCUT2D eigenvalue weighted by molar-refractivity contribution is -0.119. The minimum absolute atomic E-state index is 0.0722. The van der Waals surface area contributed by atoms with Crippen molar-refractivity contribution in [3.05, 3.63) is 57.3 Å². The van der Waals surface area contributed by atoms with Crippen LogP contribution < -0.4 is 5.32 Å². The minimum atomic E-state index is -0.851. The van der Waals surface area contributed by atoms with Gasteiger partial charge in [-0.05, 0) is 36.4 Å². The first-order valence-corrected chi connectivity index (χ1v) is 7.44. The van der Waals surface area contributed by atoms with Crippen molar-refractivity contribution < 1.29 is 23.8 Å². The molecule has 0 spiro atoms. The summed E-state index contributed by atoms with van der Waals surface area (Å²) in [7, 11) is 0. The standard InChI is InChI=1S/C15H10BrClFNO4/c16-8-1-4-13(20)10(5-8)15(22)23-7-14(21)19-9-2-3-12(18)11(17)6-9/h1-6,20H,7H2,(H,19,21). The van der Waals surface area contributed by atoms with Gasteiger partial charge in [-0.25, -0.2) is 9.18 Å². The molecule has 0 saturated heterocycles. The predicted molar refractivity (Wildman–Crippen MR) is 86.1 cm³/mol. The number of phenolic OH excluding ortho intramolecular Hbond substituents is 1. The smallest absolute Gasteiger partial charge is 0.342 e. The highest BCUT2D eigenvalue weighted by Crippen LogP contribution is 2.23. The van der Waals surface area contributed by atoms with E-state index < -0.39 is 24.3 Å². The number of ether oxygens (including phenoxy) is 1. The molecule has 0 atom stereocenters. The topological polar surface area (TPSA) is 75.6 Å². The van der Waals surface area contributed by atoms with Crippen LogP contribution in [0.4, 0.5) is 10.1 Å². The third-order valence-electron chi connectivity index (χ3n) is 2.72. The number of carbonyl (C=O) groups is 2. The average Bonchev–Trinajstić information content (AvgIpc) is 2.51. The highest BCUT2D eigenvalue weighted by atomic mass is 79.9. The molecule has 0 radical (unpaired) electrons. The molecule has 0 unspecified atom stereocenters. The summed E-state index contributed by atoms with van der Waals surface area (Å²) in [6.45, 7) is -0.570. The number of nitrogens with one attached hydrogen (secondary N) is 1. The van der Waals surface area contributed by atoms with E-state index in [-0.39, 0.29) is 22.0 Å². The number of anilines is 1.